The molecule has 0 aliphatic heterocycles. The van der Waals surface area contributed by atoms with Crippen molar-refractivity contribution in [1.29, 1.82) is 0 Å². The van der Waals surface area contributed by atoms with Crippen LogP contribution in [0.1, 0.15) is 32.1 Å². The van der Waals surface area contributed by atoms with E-state index in [9.17, 15) is 13.6 Å². The second-order valence-corrected chi connectivity index (χ2v) is 5.17. The summed E-state index contributed by atoms with van der Waals surface area (Å²) in [4.78, 5) is 15.4. The molecular weight excluding hydrogens is 246 g/mol. The van der Waals surface area contributed by atoms with E-state index in [0.29, 0.717) is 18.0 Å². The van der Waals surface area contributed by atoms with Crippen LogP contribution in [0.5, 0.6) is 0 Å². The minimum Gasteiger partial charge on any atom is -0.302 e. The van der Waals surface area contributed by atoms with Crippen molar-refractivity contribution in [3.63, 3.8) is 0 Å². The van der Waals surface area contributed by atoms with Crippen molar-refractivity contribution in [1.82, 2.24) is 4.98 Å². The monoisotopic (exact) mass is 260 g/mol. The van der Waals surface area contributed by atoms with Crippen molar-refractivity contribution in [2.75, 3.05) is 5.32 Å². The van der Waals surface area contributed by atoms with E-state index in [1.165, 1.54) is 11.3 Å². The summed E-state index contributed by atoms with van der Waals surface area (Å²) in [5.74, 6) is -3.45. The van der Waals surface area contributed by atoms with Crippen LogP contribution in [-0.2, 0) is 4.79 Å². The zero-order valence-electron chi connectivity index (χ0n) is 9.29. The predicted octanol–water partition coefficient (Wildman–Crippen LogP) is 3.30. The molecule has 1 fully saturated rings. The van der Waals surface area contributed by atoms with E-state index in [0.717, 1.165) is 0 Å². The van der Waals surface area contributed by atoms with Gasteiger partial charge in [-0.3, -0.25) is 4.79 Å². The summed E-state index contributed by atoms with van der Waals surface area (Å²) in [6.07, 6.45) is 3.03. The molecule has 3 nitrogen and oxygen atoms in total. The molecular formula is C11H14F2N2OS. The number of hydrogen-bond acceptors (Lipinski definition) is 3. The molecule has 0 spiro atoms. The van der Waals surface area contributed by atoms with Crippen LogP contribution in [0.2, 0.25) is 0 Å². The lowest BCUT2D eigenvalue weighted by Crippen LogP contribution is -2.23. The van der Waals surface area contributed by atoms with Crippen molar-refractivity contribution in [2.24, 2.45) is 5.92 Å². The molecule has 94 valence electrons. The topological polar surface area (TPSA) is 42.0 Å². The molecule has 1 heterocycles. The van der Waals surface area contributed by atoms with Gasteiger partial charge in [0.15, 0.2) is 5.13 Å². The number of aromatic nitrogens is 1. The lowest BCUT2D eigenvalue weighted by Gasteiger charge is -2.18. The fourth-order valence-electron chi connectivity index (χ4n) is 2.13. The van der Waals surface area contributed by atoms with Crippen LogP contribution < -0.4 is 5.32 Å². The molecule has 1 aromatic rings. The summed E-state index contributed by atoms with van der Waals surface area (Å²) in [7, 11) is 0. The number of carbonyl (C=O) groups is 1. The molecule has 0 saturated heterocycles. The maximum Gasteiger partial charge on any atom is 0.250 e. The predicted molar refractivity (Wildman–Crippen MR) is 62.3 cm³/mol. The number of carbonyl (C=O) groups excluding carboxylic acids is 1. The average Bonchev–Trinajstić information content (AvgIpc) is 2.85. The summed E-state index contributed by atoms with van der Waals surface area (Å²) in [5.41, 5.74) is 0. The van der Waals surface area contributed by atoms with E-state index in [1.54, 1.807) is 11.6 Å². The number of alkyl halides is 2. The fraction of sp³-hybridized carbons (Fsp3) is 0.636. The van der Waals surface area contributed by atoms with Crippen molar-refractivity contribution in [2.45, 2.75) is 38.0 Å². The Labute approximate surface area is 102 Å². The Balaban J connectivity index is 1.77. The molecule has 0 radical (unpaired) electrons. The summed E-state index contributed by atoms with van der Waals surface area (Å²) in [5, 5.41) is 4.87. The highest BCUT2D eigenvalue weighted by molar-refractivity contribution is 7.13. The Morgan fingerprint density at radius 3 is 3.06 bits per heavy atom. The molecule has 1 aliphatic rings. The minimum absolute atomic E-state index is 0.0359. The first-order chi connectivity index (χ1) is 8.08. The third-order valence-electron chi connectivity index (χ3n) is 3.06. The Morgan fingerprint density at radius 2 is 2.47 bits per heavy atom. The Kier molecular flexibility index (Phi) is 3.71. The molecule has 2 rings (SSSR count). The van der Waals surface area contributed by atoms with Gasteiger partial charge in [0.05, 0.1) is 0 Å². The largest absolute Gasteiger partial charge is 0.302 e. The number of amides is 1. The molecule has 1 aromatic heterocycles. The standard InChI is InChI=1S/C11H14F2N2OS/c12-11(13)5-1-2-8(11)3-4-9(16)15-10-14-6-7-17-10/h6-8H,1-5H2,(H,14,15,16). The van der Waals surface area contributed by atoms with Crippen molar-refractivity contribution in [3.05, 3.63) is 11.6 Å². The summed E-state index contributed by atoms with van der Waals surface area (Å²) < 4.78 is 26.6. The Bertz CT molecular complexity index is 381. The lowest BCUT2D eigenvalue weighted by molar-refractivity contribution is -0.117. The van der Waals surface area contributed by atoms with Crippen LogP contribution in [0.4, 0.5) is 13.9 Å². The van der Waals surface area contributed by atoms with Crippen LogP contribution in [0.25, 0.3) is 0 Å². The van der Waals surface area contributed by atoms with E-state index >= 15 is 0 Å². The first-order valence-corrected chi connectivity index (χ1v) is 6.53. The van der Waals surface area contributed by atoms with Crippen molar-refractivity contribution < 1.29 is 13.6 Å². The highest BCUT2D eigenvalue weighted by Crippen LogP contribution is 2.42. The summed E-state index contributed by atoms with van der Waals surface area (Å²) >= 11 is 1.32. The number of anilines is 1. The van der Waals surface area contributed by atoms with Crippen LogP contribution in [0, 0.1) is 5.92 Å². The van der Waals surface area contributed by atoms with Gasteiger partial charge in [0.25, 0.3) is 5.92 Å². The number of nitrogens with one attached hydrogen (secondary N) is 1. The van der Waals surface area contributed by atoms with E-state index in [4.69, 9.17) is 0 Å². The van der Waals surface area contributed by atoms with Gasteiger partial charge in [0.2, 0.25) is 5.91 Å². The molecule has 17 heavy (non-hydrogen) atoms. The SMILES string of the molecule is O=C(CCC1CCCC1(F)F)Nc1nccs1. The summed E-state index contributed by atoms with van der Waals surface area (Å²) in [6.45, 7) is 0. The first-order valence-electron chi connectivity index (χ1n) is 5.65. The van der Waals surface area contributed by atoms with Gasteiger partial charge in [-0.25, -0.2) is 13.8 Å². The van der Waals surface area contributed by atoms with E-state index < -0.39 is 11.8 Å². The van der Waals surface area contributed by atoms with E-state index in [1.807, 2.05) is 0 Å². The number of rotatable bonds is 4. The summed E-state index contributed by atoms with van der Waals surface area (Å²) in [6, 6.07) is 0. The maximum atomic E-state index is 13.3. The number of nitrogens with zero attached hydrogens (tertiary/aromatic N) is 1. The maximum absolute atomic E-state index is 13.3. The van der Waals surface area contributed by atoms with Gasteiger partial charge in [-0.15, -0.1) is 11.3 Å². The molecule has 1 saturated carbocycles. The Hall–Kier alpha value is -1.04. The van der Waals surface area contributed by atoms with Gasteiger partial charge in [0, 0.05) is 30.3 Å². The highest BCUT2D eigenvalue weighted by Gasteiger charge is 2.43. The minimum atomic E-state index is -2.58. The second-order valence-electron chi connectivity index (χ2n) is 4.27. The highest BCUT2D eigenvalue weighted by atomic mass is 32.1. The number of hydrogen-bond donors (Lipinski definition) is 1. The van der Waals surface area contributed by atoms with Gasteiger partial charge in [-0.05, 0) is 19.3 Å². The molecule has 1 aliphatic carbocycles. The van der Waals surface area contributed by atoms with E-state index in [-0.39, 0.29) is 25.2 Å². The van der Waals surface area contributed by atoms with Gasteiger partial charge >= 0.3 is 0 Å². The lowest BCUT2D eigenvalue weighted by atomic mass is 9.99. The van der Waals surface area contributed by atoms with Gasteiger partial charge in [0.1, 0.15) is 0 Å². The van der Waals surface area contributed by atoms with Crippen molar-refractivity contribution in [3.8, 4) is 0 Å². The number of halogens is 2. The third-order valence-corrected chi connectivity index (χ3v) is 3.75. The van der Waals surface area contributed by atoms with Crippen LogP contribution in [0.3, 0.4) is 0 Å². The second kappa shape index (κ2) is 5.08. The normalized spacial score (nSPS) is 22.6. The molecule has 1 amide bonds. The number of thiazole rings is 1. The zero-order valence-corrected chi connectivity index (χ0v) is 10.1. The van der Waals surface area contributed by atoms with Gasteiger partial charge < -0.3 is 5.32 Å². The molecule has 6 heteroatoms. The molecule has 1 N–H and O–H groups in total. The average molecular weight is 260 g/mol. The molecule has 0 aromatic carbocycles. The van der Waals surface area contributed by atoms with E-state index in [2.05, 4.69) is 10.3 Å². The first kappa shape index (κ1) is 12.4. The Morgan fingerprint density at radius 1 is 1.65 bits per heavy atom. The molecule has 1 unspecified atom stereocenters. The van der Waals surface area contributed by atoms with Crippen LogP contribution >= 0.6 is 11.3 Å². The van der Waals surface area contributed by atoms with Crippen LogP contribution in [-0.4, -0.2) is 16.8 Å². The van der Waals surface area contributed by atoms with Gasteiger partial charge in [-0.2, -0.15) is 0 Å². The molecule has 1 atom stereocenters. The van der Waals surface area contributed by atoms with Gasteiger partial charge in [-0.1, -0.05) is 0 Å². The third kappa shape index (κ3) is 3.21. The van der Waals surface area contributed by atoms with Crippen LogP contribution in [0.15, 0.2) is 11.6 Å². The van der Waals surface area contributed by atoms with Crippen molar-refractivity contribution >= 4 is 22.4 Å². The smallest absolute Gasteiger partial charge is 0.250 e. The zero-order chi connectivity index (χ0) is 12.3. The quantitative estimate of drug-likeness (QED) is 0.902. The molecule has 0 bridgehead atoms. The fourth-order valence-corrected chi connectivity index (χ4v) is 2.67.